The summed E-state index contributed by atoms with van der Waals surface area (Å²) >= 11 is 0. The molecule has 1 amide bonds. The third-order valence-corrected chi connectivity index (χ3v) is 4.81. The number of hydrogen-bond donors (Lipinski definition) is 0. The van der Waals surface area contributed by atoms with Crippen LogP contribution >= 0.6 is 0 Å². The van der Waals surface area contributed by atoms with E-state index in [9.17, 15) is 9.59 Å². The van der Waals surface area contributed by atoms with Crippen LogP contribution in [0, 0.1) is 0 Å². The Morgan fingerprint density at radius 2 is 1.71 bits per heavy atom. The van der Waals surface area contributed by atoms with Crippen molar-refractivity contribution in [2.45, 2.75) is 12.6 Å². The SMILES string of the molecule is O=C(Cn1nc(-c2ccccc2)ccc1=O)N1CCOC(c2ccccc2)C1. The second kappa shape index (κ2) is 8.19. The third-order valence-electron chi connectivity index (χ3n) is 4.81. The van der Waals surface area contributed by atoms with Crippen LogP contribution in [0.4, 0.5) is 0 Å². The van der Waals surface area contributed by atoms with Crippen molar-refractivity contribution in [1.29, 1.82) is 0 Å². The zero-order chi connectivity index (χ0) is 19.3. The van der Waals surface area contributed by atoms with Gasteiger partial charge in [-0.25, -0.2) is 4.68 Å². The Labute approximate surface area is 163 Å². The van der Waals surface area contributed by atoms with E-state index in [2.05, 4.69) is 5.10 Å². The molecule has 1 atom stereocenters. The van der Waals surface area contributed by atoms with Crippen molar-refractivity contribution in [3.63, 3.8) is 0 Å². The van der Waals surface area contributed by atoms with Crippen LogP contribution in [0.3, 0.4) is 0 Å². The van der Waals surface area contributed by atoms with Crippen LogP contribution in [0.1, 0.15) is 11.7 Å². The van der Waals surface area contributed by atoms with Gasteiger partial charge in [-0.1, -0.05) is 60.7 Å². The smallest absolute Gasteiger partial charge is 0.267 e. The Balaban J connectivity index is 1.50. The van der Waals surface area contributed by atoms with Crippen LogP contribution in [0.2, 0.25) is 0 Å². The van der Waals surface area contributed by atoms with Crippen molar-refractivity contribution in [3.8, 4) is 11.3 Å². The molecule has 6 nitrogen and oxygen atoms in total. The van der Waals surface area contributed by atoms with Crippen molar-refractivity contribution in [1.82, 2.24) is 14.7 Å². The van der Waals surface area contributed by atoms with Crippen molar-refractivity contribution in [2.24, 2.45) is 0 Å². The summed E-state index contributed by atoms with van der Waals surface area (Å²) in [6.07, 6.45) is -0.153. The molecule has 4 rings (SSSR count). The summed E-state index contributed by atoms with van der Waals surface area (Å²) in [6.45, 7) is 1.37. The first-order chi connectivity index (χ1) is 13.7. The highest BCUT2D eigenvalue weighted by Gasteiger charge is 2.25. The molecule has 1 aromatic heterocycles. The number of carbonyl (C=O) groups is 1. The van der Waals surface area contributed by atoms with E-state index in [1.807, 2.05) is 60.7 Å². The molecular formula is C22H21N3O3. The summed E-state index contributed by atoms with van der Waals surface area (Å²) in [5.74, 6) is -0.135. The molecule has 0 bridgehead atoms. The summed E-state index contributed by atoms with van der Waals surface area (Å²) in [7, 11) is 0. The number of amides is 1. The number of nitrogens with zero attached hydrogens (tertiary/aromatic N) is 3. The van der Waals surface area contributed by atoms with Gasteiger partial charge in [-0.05, 0) is 11.6 Å². The molecule has 6 heteroatoms. The number of carbonyl (C=O) groups excluding carboxylic acids is 1. The topological polar surface area (TPSA) is 64.4 Å². The Morgan fingerprint density at radius 1 is 1.00 bits per heavy atom. The molecule has 2 aromatic carbocycles. The van der Waals surface area contributed by atoms with E-state index in [-0.39, 0.29) is 24.1 Å². The van der Waals surface area contributed by atoms with Crippen molar-refractivity contribution in [3.05, 3.63) is 88.7 Å². The second-order valence-corrected chi connectivity index (χ2v) is 6.69. The molecule has 1 saturated heterocycles. The predicted molar refractivity (Wildman–Crippen MR) is 106 cm³/mol. The highest BCUT2D eigenvalue weighted by Crippen LogP contribution is 2.22. The molecule has 142 valence electrons. The van der Waals surface area contributed by atoms with Crippen LogP contribution in [0.15, 0.2) is 77.6 Å². The highest BCUT2D eigenvalue weighted by atomic mass is 16.5. The van der Waals surface area contributed by atoms with Crippen molar-refractivity contribution >= 4 is 5.91 Å². The summed E-state index contributed by atoms with van der Waals surface area (Å²) in [5.41, 5.74) is 2.32. The van der Waals surface area contributed by atoms with Crippen LogP contribution < -0.4 is 5.56 Å². The Morgan fingerprint density at radius 3 is 2.46 bits per heavy atom. The van der Waals surface area contributed by atoms with Crippen LogP contribution in [0.25, 0.3) is 11.3 Å². The van der Waals surface area contributed by atoms with Gasteiger partial charge in [0.1, 0.15) is 12.6 Å². The van der Waals surface area contributed by atoms with E-state index in [0.717, 1.165) is 11.1 Å². The minimum absolute atomic E-state index is 0.0823. The van der Waals surface area contributed by atoms with Gasteiger partial charge in [-0.15, -0.1) is 0 Å². The van der Waals surface area contributed by atoms with Gasteiger partial charge in [-0.2, -0.15) is 5.10 Å². The summed E-state index contributed by atoms with van der Waals surface area (Å²) in [5, 5.41) is 4.38. The monoisotopic (exact) mass is 375 g/mol. The van der Waals surface area contributed by atoms with Crippen molar-refractivity contribution in [2.75, 3.05) is 19.7 Å². The molecule has 2 heterocycles. The van der Waals surface area contributed by atoms with Gasteiger partial charge in [0, 0.05) is 18.2 Å². The molecular weight excluding hydrogens is 354 g/mol. The van der Waals surface area contributed by atoms with Gasteiger partial charge in [0.25, 0.3) is 5.56 Å². The molecule has 1 unspecified atom stereocenters. The van der Waals surface area contributed by atoms with E-state index in [1.165, 1.54) is 10.7 Å². The maximum atomic E-state index is 12.8. The normalized spacial score (nSPS) is 16.7. The quantitative estimate of drug-likeness (QED) is 0.703. The maximum Gasteiger partial charge on any atom is 0.267 e. The largest absolute Gasteiger partial charge is 0.370 e. The molecule has 1 aliphatic rings. The van der Waals surface area contributed by atoms with E-state index < -0.39 is 0 Å². The van der Waals surface area contributed by atoms with Gasteiger partial charge < -0.3 is 9.64 Å². The lowest BCUT2D eigenvalue weighted by atomic mass is 10.1. The first-order valence-corrected chi connectivity index (χ1v) is 9.28. The molecule has 0 saturated carbocycles. The first-order valence-electron chi connectivity index (χ1n) is 9.28. The van der Waals surface area contributed by atoms with Crippen LogP contribution in [-0.2, 0) is 16.1 Å². The van der Waals surface area contributed by atoms with E-state index in [4.69, 9.17) is 4.74 Å². The second-order valence-electron chi connectivity index (χ2n) is 6.69. The first kappa shape index (κ1) is 18.1. The van der Waals surface area contributed by atoms with Gasteiger partial charge in [-0.3, -0.25) is 9.59 Å². The summed E-state index contributed by atoms with van der Waals surface area (Å²) < 4.78 is 7.05. The summed E-state index contributed by atoms with van der Waals surface area (Å²) in [6, 6.07) is 22.6. The van der Waals surface area contributed by atoms with Gasteiger partial charge in [0.2, 0.25) is 5.91 Å². The standard InChI is InChI=1S/C22H21N3O3/c26-21-12-11-19(17-7-3-1-4-8-17)23-25(21)16-22(27)24-13-14-28-20(15-24)18-9-5-2-6-10-18/h1-12,20H,13-16H2. The fourth-order valence-corrected chi connectivity index (χ4v) is 3.30. The molecule has 1 fully saturated rings. The van der Waals surface area contributed by atoms with Gasteiger partial charge in [0.05, 0.1) is 18.8 Å². The number of rotatable bonds is 4. The zero-order valence-electron chi connectivity index (χ0n) is 15.4. The lowest BCUT2D eigenvalue weighted by molar-refractivity contribution is -0.139. The Kier molecular flexibility index (Phi) is 5.30. The zero-order valence-corrected chi connectivity index (χ0v) is 15.4. The lowest BCUT2D eigenvalue weighted by Gasteiger charge is -2.33. The Hall–Kier alpha value is -3.25. The third kappa shape index (κ3) is 4.02. The molecule has 0 aliphatic carbocycles. The van der Waals surface area contributed by atoms with Gasteiger partial charge in [0.15, 0.2) is 0 Å². The molecule has 3 aromatic rings. The number of hydrogen-bond acceptors (Lipinski definition) is 4. The van der Waals surface area contributed by atoms with Crippen LogP contribution in [0.5, 0.6) is 0 Å². The average Bonchev–Trinajstić information content (AvgIpc) is 2.76. The lowest BCUT2D eigenvalue weighted by Crippen LogP contribution is -2.44. The minimum Gasteiger partial charge on any atom is -0.370 e. The maximum absolute atomic E-state index is 12.8. The number of benzene rings is 2. The number of morpholine rings is 1. The Bertz CT molecular complexity index is 1000. The minimum atomic E-state index is -0.291. The fraction of sp³-hybridized carbons (Fsp3) is 0.227. The molecule has 0 spiro atoms. The van der Waals surface area contributed by atoms with Crippen molar-refractivity contribution < 1.29 is 9.53 Å². The molecule has 28 heavy (non-hydrogen) atoms. The molecule has 0 radical (unpaired) electrons. The molecule has 1 aliphatic heterocycles. The van der Waals surface area contributed by atoms with Crippen LogP contribution in [-0.4, -0.2) is 40.3 Å². The fourth-order valence-electron chi connectivity index (χ4n) is 3.30. The van der Waals surface area contributed by atoms with E-state index in [1.54, 1.807) is 11.0 Å². The predicted octanol–water partition coefficient (Wildman–Crippen LogP) is 2.51. The average molecular weight is 375 g/mol. The summed E-state index contributed by atoms with van der Waals surface area (Å²) in [4.78, 5) is 26.8. The molecule has 0 N–H and O–H groups in total. The van der Waals surface area contributed by atoms with E-state index in [0.29, 0.717) is 25.4 Å². The van der Waals surface area contributed by atoms with E-state index >= 15 is 0 Å². The number of ether oxygens (including phenoxy) is 1. The number of aromatic nitrogens is 2. The van der Waals surface area contributed by atoms with Gasteiger partial charge >= 0.3 is 0 Å². The highest BCUT2D eigenvalue weighted by molar-refractivity contribution is 5.76.